The Morgan fingerprint density at radius 3 is 2.42 bits per heavy atom. The van der Waals surface area contributed by atoms with Crippen molar-refractivity contribution < 1.29 is 0 Å². The van der Waals surface area contributed by atoms with Crippen LogP contribution in [0.25, 0.3) is 10.8 Å². The van der Waals surface area contributed by atoms with E-state index in [0.29, 0.717) is 0 Å². The Kier molecular flexibility index (Phi) is 4.26. The summed E-state index contributed by atoms with van der Waals surface area (Å²) in [4.78, 5) is 0. The van der Waals surface area contributed by atoms with Crippen molar-refractivity contribution in [3.8, 4) is 0 Å². The van der Waals surface area contributed by atoms with E-state index in [1.807, 2.05) is 0 Å². The van der Waals surface area contributed by atoms with E-state index in [0.717, 1.165) is 6.42 Å². The van der Waals surface area contributed by atoms with Gasteiger partial charge in [0.15, 0.2) is 0 Å². The maximum Gasteiger partial charge on any atom is 0.0480 e. The molecule has 0 aromatic heterocycles. The Balaban J connectivity index is 2.22. The molecule has 0 heterocycles. The van der Waals surface area contributed by atoms with E-state index in [2.05, 4.69) is 75.1 Å². The maximum absolute atomic E-state index is 2.45. The average Bonchev–Trinajstić information content (AvgIpc) is 2.36. The van der Waals surface area contributed by atoms with Crippen LogP contribution in [0.4, 0.5) is 0 Å². The van der Waals surface area contributed by atoms with Crippen LogP contribution in [0.1, 0.15) is 12.5 Å². The molecule has 19 heavy (non-hydrogen) atoms. The monoisotopic (exact) mass is 268 g/mol. The molecule has 0 aliphatic rings. The van der Waals surface area contributed by atoms with Gasteiger partial charge in [0.05, 0.1) is 0 Å². The molecule has 0 saturated carbocycles. The van der Waals surface area contributed by atoms with Crippen molar-refractivity contribution in [2.45, 2.75) is 39.0 Å². The molecule has 0 saturated heterocycles. The molecule has 0 N–H and O–H groups in total. The van der Waals surface area contributed by atoms with Crippen LogP contribution < -0.4 is 0 Å². The lowest BCUT2D eigenvalue weighted by Gasteiger charge is -2.13. The maximum atomic E-state index is 2.45. The van der Waals surface area contributed by atoms with Crippen molar-refractivity contribution in [2.75, 3.05) is 0 Å². The summed E-state index contributed by atoms with van der Waals surface area (Å²) in [6.45, 7) is 9.54. The summed E-state index contributed by atoms with van der Waals surface area (Å²) in [6.07, 6.45) is 3.53. The largest absolute Gasteiger partial charge is 0.0879 e. The van der Waals surface area contributed by atoms with E-state index in [4.69, 9.17) is 0 Å². The molecule has 0 nitrogen and oxygen atoms in total. The van der Waals surface area contributed by atoms with Gasteiger partial charge in [-0.1, -0.05) is 73.8 Å². The highest BCUT2D eigenvalue weighted by molar-refractivity contribution is 6.76. The molecule has 0 bridgehead atoms. The molecule has 0 spiro atoms. The van der Waals surface area contributed by atoms with Crippen LogP contribution in [0.3, 0.4) is 0 Å². The molecular formula is C18H24Si. The molecular weight excluding hydrogens is 244 g/mol. The molecule has 0 fully saturated rings. The first-order valence-electron chi connectivity index (χ1n) is 7.08. The lowest BCUT2D eigenvalue weighted by atomic mass is 9.99. The first kappa shape index (κ1) is 14.1. The van der Waals surface area contributed by atoms with Gasteiger partial charge in [-0.2, -0.15) is 0 Å². The van der Waals surface area contributed by atoms with Gasteiger partial charge in [0.2, 0.25) is 0 Å². The molecule has 2 aromatic carbocycles. The van der Waals surface area contributed by atoms with Crippen molar-refractivity contribution in [1.82, 2.24) is 0 Å². The lowest BCUT2D eigenvalue weighted by Crippen LogP contribution is -2.17. The second kappa shape index (κ2) is 5.75. The van der Waals surface area contributed by atoms with Crippen LogP contribution in [0, 0.1) is 0 Å². The minimum absolute atomic E-state index is 0.967. The van der Waals surface area contributed by atoms with Crippen LogP contribution in [0.5, 0.6) is 0 Å². The van der Waals surface area contributed by atoms with E-state index in [-0.39, 0.29) is 0 Å². The summed E-state index contributed by atoms with van der Waals surface area (Å²) in [6, 6.07) is 16.6. The number of hydrogen-bond acceptors (Lipinski definition) is 0. The highest BCUT2D eigenvalue weighted by atomic mass is 28.3. The fourth-order valence-electron chi connectivity index (χ4n) is 2.30. The van der Waals surface area contributed by atoms with Crippen LogP contribution >= 0.6 is 0 Å². The Labute approximate surface area is 118 Å². The second-order valence-corrected chi connectivity index (χ2v) is 12.2. The fourth-order valence-corrected chi connectivity index (χ4v) is 3.26. The highest BCUT2D eigenvalue weighted by Crippen LogP contribution is 2.21. The van der Waals surface area contributed by atoms with Gasteiger partial charge in [-0.25, -0.2) is 0 Å². The topological polar surface area (TPSA) is 0 Å². The van der Waals surface area contributed by atoms with Crippen LogP contribution in [0.2, 0.25) is 25.7 Å². The van der Waals surface area contributed by atoms with Gasteiger partial charge in [0, 0.05) is 8.07 Å². The molecule has 2 rings (SSSR count). The number of hydrogen-bond donors (Lipinski definition) is 0. The molecule has 100 valence electrons. The molecule has 0 amide bonds. The average molecular weight is 268 g/mol. The van der Waals surface area contributed by atoms with E-state index >= 15 is 0 Å². The Bertz CT molecular complexity index is 583. The van der Waals surface area contributed by atoms with Gasteiger partial charge in [0.1, 0.15) is 0 Å². The van der Waals surface area contributed by atoms with Crippen molar-refractivity contribution in [3.63, 3.8) is 0 Å². The van der Waals surface area contributed by atoms with Crippen molar-refractivity contribution >= 4 is 18.8 Å². The van der Waals surface area contributed by atoms with Gasteiger partial charge in [0.25, 0.3) is 0 Å². The summed E-state index contributed by atoms with van der Waals surface area (Å²) < 4.78 is 0. The first-order chi connectivity index (χ1) is 8.96. The Hall–Kier alpha value is -1.34. The van der Waals surface area contributed by atoms with Crippen molar-refractivity contribution in [1.29, 1.82) is 0 Å². The second-order valence-electron chi connectivity index (χ2n) is 6.63. The molecule has 2 aromatic rings. The zero-order valence-corrected chi connectivity index (χ0v) is 13.5. The normalized spacial score (nSPS) is 12.9. The predicted molar refractivity (Wildman–Crippen MR) is 89.6 cm³/mol. The minimum Gasteiger partial charge on any atom is -0.0879 e. The van der Waals surface area contributed by atoms with Crippen LogP contribution in [-0.4, -0.2) is 8.07 Å². The zero-order chi connectivity index (χ0) is 13.9. The lowest BCUT2D eigenvalue weighted by molar-refractivity contribution is 1.14. The van der Waals surface area contributed by atoms with Gasteiger partial charge in [-0.15, -0.1) is 0 Å². The molecule has 1 heteroatoms. The molecule has 0 aliphatic heterocycles. The van der Waals surface area contributed by atoms with E-state index in [1.54, 1.807) is 0 Å². The summed E-state index contributed by atoms with van der Waals surface area (Å²) in [7, 11) is -0.967. The number of allylic oxidation sites excluding steroid dienone is 2. The third kappa shape index (κ3) is 4.07. The third-order valence-electron chi connectivity index (χ3n) is 3.41. The van der Waals surface area contributed by atoms with Gasteiger partial charge in [-0.3, -0.25) is 0 Å². The van der Waals surface area contributed by atoms with Crippen LogP contribution in [-0.2, 0) is 6.42 Å². The van der Waals surface area contributed by atoms with E-state index in [1.165, 1.54) is 28.0 Å². The Morgan fingerprint density at radius 2 is 1.68 bits per heavy atom. The highest BCUT2D eigenvalue weighted by Gasteiger charge is 2.10. The number of benzene rings is 2. The standard InChI is InChI=1S/C18H24Si/c1-15(12-13-19(2,3)4)14-17-10-7-9-16-8-5-6-11-18(16)17/h5-12H,13-14H2,1-4H3. The van der Waals surface area contributed by atoms with Crippen molar-refractivity contribution in [2.24, 2.45) is 0 Å². The fraction of sp³-hybridized carbons (Fsp3) is 0.333. The van der Waals surface area contributed by atoms with E-state index in [9.17, 15) is 0 Å². The summed E-state index contributed by atoms with van der Waals surface area (Å²) in [5, 5.41) is 2.74. The Morgan fingerprint density at radius 1 is 1.00 bits per heavy atom. The van der Waals surface area contributed by atoms with E-state index < -0.39 is 8.07 Å². The molecule has 0 unspecified atom stereocenters. The SMILES string of the molecule is CC(=CC[Si](C)(C)C)Cc1cccc2ccccc12. The number of fused-ring (bicyclic) bond motifs is 1. The van der Waals surface area contributed by atoms with Gasteiger partial charge >= 0.3 is 0 Å². The minimum atomic E-state index is -0.967. The smallest absolute Gasteiger partial charge is 0.0480 e. The van der Waals surface area contributed by atoms with Gasteiger partial charge in [-0.05, 0) is 35.7 Å². The summed E-state index contributed by atoms with van der Waals surface area (Å²) >= 11 is 0. The van der Waals surface area contributed by atoms with Crippen LogP contribution in [0.15, 0.2) is 54.1 Å². The molecule has 0 atom stereocenters. The zero-order valence-electron chi connectivity index (χ0n) is 12.5. The quantitative estimate of drug-likeness (QED) is 0.495. The first-order valence-corrected chi connectivity index (χ1v) is 10.8. The summed E-state index contributed by atoms with van der Waals surface area (Å²) in [5.74, 6) is 0. The molecule has 0 aliphatic carbocycles. The summed E-state index contributed by atoms with van der Waals surface area (Å²) in [5.41, 5.74) is 2.95. The predicted octanol–water partition coefficient (Wildman–Crippen LogP) is 5.67. The van der Waals surface area contributed by atoms with Gasteiger partial charge < -0.3 is 0 Å². The number of rotatable bonds is 4. The molecule has 0 radical (unpaired) electrons. The van der Waals surface area contributed by atoms with Crippen molar-refractivity contribution in [3.05, 3.63) is 59.7 Å². The third-order valence-corrected chi connectivity index (χ3v) is 4.84.